The van der Waals surface area contributed by atoms with E-state index >= 15 is 0 Å². The monoisotopic (exact) mass is 450 g/mol. The van der Waals surface area contributed by atoms with Crippen molar-refractivity contribution in [1.29, 1.82) is 0 Å². The van der Waals surface area contributed by atoms with E-state index in [1.807, 2.05) is 6.08 Å². The highest BCUT2D eigenvalue weighted by Crippen LogP contribution is 2.37. The molecule has 0 aliphatic rings. The first-order valence-electron chi connectivity index (χ1n) is 11.4. The topological polar surface area (TPSA) is 35.5 Å². The molecule has 32 heavy (non-hydrogen) atoms. The molecule has 0 aliphatic heterocycles. The minimum Gasteiger partial charge on any atom is -0.462 e. The predicted molar refractivity (Wildman–Crippen MR) is 137 cm³/mol. The molecule has 0 saturated heterocycles. The lowest BCUT2D eigenvalue weighted by molar-refractivity contribution is -0.139. The number of hydrogen-bond acceptors (Lipinski definition) is 3. The second-order valence-electron chi connectivity index (χ2n) is 9.39. The molecule has 0 fully saturated rings. The van der Waals surface area contributed by atoms with Crippen LogP contribution in [0.2, 0.25) is 5.04 Å². The Morgan fingerprint density at radius 2 is 1.38 bits per heavy atom. The maximum atomic E-state index is 10.9. The van der Waals surface area contributed by atoms with E-state index in [1.165, 1.54) is 28.4 Å². The summed E-state index contributed by atoms with van der Waals surface area (Å²) < 4.78 is 12.0. The number of rotatable bonds is 10. The first-order valence-corrected chi connectivity index (χ1v) is 13.3. The van der Waals surface area contributed by atoms with Crippen LogP contribution < -0.4 is 10.4 Å². The largest absolute Gasteiger partial charge is 0.462 e. The summed E-state index contributed by atoms with van der Waals surface area (Å²) in [6.07, 6.45) is 6.13. The second kappa shape index (κ2) is 12.0. The molecule has 0 saturated carbocycles. The molecule has 3 nitrogen and oxygen atoms in total. The lowest BCUT2D eigenvalue weighted by Gasteiger charge is -2.43. The fourth-order valence-corrected chi connectivity index (χ4v) is 8.59. The van der Waals surface area contributed by atoms with E-state index < -0.39 is 8.32 Å². The summed E-state index contributed by atoms with van der Waals surface area (Å²) in [5.41, 5.74) is 2.47. The fraction of sp³-hybridized carbons (Fsp3) is 0.393. The lowest BCUT2D eigenvalue weighted by atomic mass is 10.1. The summed E-state index contributed by atoms with van der Waals surface area (Å²) in [6.45, 7) is 13.5. The van der Waals surface area contributed by atoms with Crippen molar-refractivity contribution in [2.75, 3.05) is 13.2 Å². The quantitative estimate of drug-likeness (QED) is 0.261. The van der Waals surface area contributed by atoms with Gasteiger partial charge in [-0.2, -0.15) is 0 Å². The van der Waals surface area contributed by atoms with Crippen molar-refractivity contribution in [1.82, 2.24) is 0 Å². The molecule has 0 amide bonds. The summed E-state index contributed by atoms with van der Waals surface area (Å²) in [4.78, 5) is 10.9. The van der Waals surface area contributed by atoms with E-state index in [0.29, 0.717) is 13.2 Å². The number of allylic oxidation sites excluding steroid dienone is 2. The smallest absolute Gasteiger partial charge is 0.302 e. The van der Waals surface area contributed by atoms with E-state index in [4.69, 9.17) is 9.16 Å². The van der Waals surface area contributed by atoms with Crippen molar-refractivity contribution in [2.45, 2.75) is 59.4 Å². The van der Waals surface area contributed by atoms with Crippen LogP contribution in [0.4, 0.5) is 0 Å². The molecule has 0 aromatic heterocycles. The van der Waals surface area contributed by atoms with Gasteiger partial charge in [-0.1, -0.05) is 98.7 Å². The minimum atomic E-state index is -2.50. The Kier molecular flexibility index (Phi) is 9.67. The molecule has 2 aromatic rings. The average molecular weight is 451 g/mol. The first kappa shape index (κ1) is 25.8. The highest BCUT2D eigenvalue weighted by Gasteiger charge is 2.50. The van der Waals surface area contributed by atoms with Crippen LogP contribution in [0.1, 0.15) is 54.4 Å². The molecule has 2 rings (SSSR count). The SMILES string of the molecule is CC(=O)OC/C=C(\C)CC/C=C(\C)CO[Si](c1ccccc1)(c1ccccc1)C(C)(C)C. The summed E-state index contributed by atoms with van der Waals surface area (Å²) in [5, 5.41) is 2.58. The van der Waals surface area contributed by atoms with Gasteiger partial charge in [-0.3, -0.25) is 4.79 Å². The van der Waals surface area contributed by atoms with E-state index in [-0.39, 0.29) is 11.0 Å². The molecule has 0 atom stereocenters. The van der Waals surface area contributed by atoms with Gasteiger partial charge in [0, 0.05) is 6.92 Å². The lowest BCUT2D eigenvalue weighted by Crippen LogP contribution is -2.66. The first-order chi connectivity index (χ1) is 15.2. The van der Waals surface area contributed by atoms with Gasteiger partial charge in [0.25, 0.3) is 8.32 Å². The van der Waals surface area contributed by atoms with Crippen LogP contribution in [0.15, 0.2) is 84.0 Å². The van der Waals surface area contributed by atoms with Gasteiger partial charge >= 0.3 is 5.97 Å². The predicted octanol–water partition coefficient (Wildman–Crippen LogP) is 5.80. The Balaban J connectivity index is 2.19. The molecule has 0 heterocycles. The Morgan fingerprint density at radius 3 is 1.84 bits per heavy atom. The van der Waals surface area contributed by atoms with Crippen LogP contribution in [0.3, 0.4) is 0 Å². The van der Waals surface area contributed by atoms with Crippen molar-refractivity contribution in [3.8, 4) is 0 Å². The van der Waals surface area contributed by atoms with Crippen molar-refractivity contribution >= 4 is 24.7 Å². The third kappa shape index (κ3) is 7.04. The summed E-state index contributed by atoms with van der Waals surface area (Å²) in [5.74, 6) is -0.245. The van der Waals surface area contributed by atoms with Crippen molar-refractivity contribution in [2.24, 2.45) is 0 Å². The van der Waals surface area contributed by atoms with Crippen molar-refractivity contribution in [3.63, 3.8) is 0 Å². The molecule has 2 aromatic carbocycles. The maximum absolute atomic E-state index is 10.9. The van der Waals surface area contributed by atoms with Gasteiger partial charge in [-0.15, -0.1) is 0 Å². The number of benzene rings is 2. The standard InChI is InChI=1S/C28H38O3Si/c1-23(20-21-30-25(3)29)14-13-15-24(2)22-31-32(28(4,5)6,26-16-9-7-10-17-26)27-18-11-8-12-19-27/h7-12,15-20H,13-14,21-22H2,1-6H3/b23-20+,24-15+. The molecule has 0 bridgehead atoms. The molecule has 4 heteroatoms. The van der Waals surface area contributed by atoms with Gasteiger partial charge in [0.05, 0.1) is 6.61 Å². The van der Waals surface area contributed by atoms with Gasteiger partial charge in [0.15, 0.2) is 0 Å². The minimum absolute atomic E-state index is 0.0218. The van der Waals surface area contributed by atoms with Crippen LogP contribution in [0.5, 0.6) is 0 Å². The average Bonchev–Trinajstić information content (AvgIpc) is 2.74. The Hall–Kier alpha value is -2.43. The van der Waals surface area contributed by atoms with Crippen LogP contribution in [0.25, 0.3) is 0 Å². The van der Waals surface area contributed by atoms with Gasteiger partial charge in [-0.25, -0.2) is 0 Å². The van der Waals surface area contributed by atoms with Gasteiger partial charge < -0.3 is 9.16 Å². The Bertz CT molecular complexity index is 869. The van der Waals surface area contributed by atoms with Crippen molar-refractivity contribution < 1.29 is 14.0 Å². The number of carbonyl (C=O) groups is 1. The molecule has 0 radical (unpaired) electrons. The summed E-state index contributed by atoms with van der Waals surface area (Å²) in [7, 11) is -2.50. The highest BCUT2D eigenvalue weighted by molar-refractivity contribution is 6.99. The summed E-state index contributed by atoms with van der Waals surface area (Å²) >= 11 is 0. The highest BCUT2D eigenvalue weighted by atomic mass is 28.4. The second-order valence-corrected chi connectivity index (χ2v) is 13.7. The fourth-order valence-electron chi connectivity index (χ4n) is 3.99. The third-order valence-corrected chi connectivity index (χ3v) is 10.7. The zero-order valence-electron chi connectivity index (χ0n) is 20.5. The molecule has 0 N–H and O–H groups in total. The zero-order valence-corrected chi connectivity index (χ0v) is 21.5. The number of hydrogen-bond donors (Lipinski definition) is 0. The van der Waals surface area contributed by atoms with Crippen molar-refractivity contribution in [3.05, 3.63) is 84.0 Å². The number of ether oxygens (including phenoxy) is 1. The third-order valence-electron chi connectivity index (χ3n) is 5.68. The Morgan fingerprint density at radius 1 is 0.844 bits per heavy atom. The van der Waals surface area contributed by atoms with Crippen LogP contribution in [-0.4, -0.2) is 27.5 Å². The molecule has 0 aliphatic carbocycles. The van der Waals surface area contributed by atoms with Crippen LogP contribution in [-0.2, 0) is 14.0 Å². The molecular formula is C28H38O3Si. The van der Waals surface area contributed by atoms with E-state index in [9.17, 15) is 4.79 Å². The molecule has 0 unspecified atom stereocenters. The molecular weight excluding hydrogens is 412 g/mol. The van der Waals surface area contributed by atoms with Gasteiger partial charge in [0.2, 0.25) is 0 Å². The number of carbonyl (C=O) groups excluding carboxylic acids is 1. The zero-order chi connectivity index (χ0) is 23.6. The summed E-state index contributed by atoms with van der Waals surface area (Å²) in [6, 6.07) is 21.5. The van der Waals surface area contributed by atoms with Crippen LogP contribution >= 0.6 is 0 Å². The van der Waals surface area contributed by atoms with E-state index in [2.05, 4.69) is 101 Å². The van der Waals surface area contributed by atoms with E-state index in [0.717, 1.165) is 12.8 Å². The molecule has 172 valence electrons. The van der Waals surface area contributed by atoms with Gasteiger partial charge in [0.1, 0.15) is 6.61 Å². The van der Waals surface area contributed by atoms with Gasteiger partial charge in [-0.05, 0) is 48.2 Å². The normalized spacial score (nSPS) is 13.2. The van der Waals surface area contributed by atoms with Crippen LogP contribution in [0, 0.1) is 0 Å². The van der Waals surface area contributed by atoms with E-state index in [1.54, 1.807) is 0 Å². The Labute approximate surface area is 195 Å². The number of esters is 1. The maximum Gasteiger partial charge on any atom is 0.302 e. The molecule has 0 spiro atoms.